The molecule has 1 fully saturated rings. The van der Waals surface area contributed by atoms with Gasteiger partial charge in [-0.15, -0.1) is 0 Å². The number of pyridine rings is 1. The molecule has 1 aromatic carbocycles. The van der Waals surface area contributed by atoms with Crippen molar-refractivity contribution >= 4 is 21.4 Å². The van der Waals surface area contributed by atoms with E-state index in [1.54, 1.807) is 12.1 Å². The van der Waals surface area contributed by atoms with Gasteiger partial charge in [-0.3, -0.25) is 4.79 Å². The number of benzene rings is 1. The van der Waals surface area contributed by atoms with E-state index in [2.05, 4.69) is 17.9 Å². The van der Waals surface area contributed by atoms with Gasteiger partial charge in [-0.05, 0) is 67.3 Å². The number of sulfone groups is 1. The number of piperidine rings is 1. The molecule has 32 heavy (non-hydrogen) atoms. The number of ketones is 1. The van der Waals surface area contributed by atoms with Gasteiger partial charge in [0.25, 0.3) is 0 Å². The largest absolute Gasteiger partial charge is 0.356 e. The van der Waals surface area contributed by atoms with Gasteiger partial charge in [0.05, 0.1) is 5.75 Å². The molecule has 0 bridgehead atoms. The first-order valence-corrected chi connectivity index (χ1v) is 13.3. The van der Waals surface area contributed by atoms with Crippen LogP contribution in [-0.2, 0) is 33.9 Å². The van der Waals surface area contributed by atoms with Crippen molar-refractivity contribution in [3.05, 3.63) is 58.5 Å². The van der Waals surface area contributed by atoms with E-state index in [0.29, 0.717) is 24.0 Å². The molecule has 1 saturated heterocycles. The molecule has 0 atom stereocenters. The molecule has 5 nitrogen and oxygen atoms in total. The SMILES string of the molecule is Cc1ccc(CCC(=O)Cc2ccc(CCS(C)(=O)=O)c(F)c2)c(N2CCC(C)CC2)n1. The second-order valence-electron chi connectivity index (χ2n) is 9.13. The predicted molar refractivity (Wildman–Crippen MR) is 126 cm³/mol. The lowest BCUT2D eigenvalue weighted by Crippen LogP contribution is -2.34. The highest BCUT2D eigenvalue weighted by atomic mass is 32.2. The van der Waals surface area contributed by atoms with Gasteiger partial charge >= 0.3 is 0 Å². The number of carbonyl (C=O) groups excluding carboxylic acids is 1. The summed E-state index contributed by atoms with van der Waals surface area (Å²) in [5.74, 6) is 1.23. The third-order valence-electron chi connectivity index (χ3n) is 6.11. The third-order valence-corrected chi connectivity index (χ3v) is 7.06. The quantitative estimate of drug-likeness (QED) is 0.564. The van der Waals surface area contributed by atoms with E-state index in [1.165, 1.54) is 6.07 Å². The number of aryl methyl sites for hydroxylation is 3. The zero-order valence-electron chi connectivity index (χ0n) is 19.2. The normalized spacial score (nSPS) is 15.2. The number of hydrogen-bond acceptors (Lipinski definition) is 5. The van der Waals surface area contributed by atoms with Crippen LogP contribution in [0.15, 0.2) is 30.3 Å². The zero-order valence-corrected chi connectivity index (χ0v) is 20.0. The number of halogens is 1. The molecule has 0 spiro atoms. The Labute approximate surface area is 191 Å². The Morgan fingerprint density at radius 2 is 1.81 bits per heavy atom. The van der Waals surface area contributed by atoms with Crippen molar-refractivity contribution in [2.45, 2.75) is 52.4 Å². The van der Waals surface area contributed by atoms with E-state index in [9.17, 15) is 17.6 Å². The molecule has 3 rings (SSSR count). The lowest BCUT2D eigenvalue weighted by Gasteiger charge is -2.32. The van der Waals surface area contributed by atoms with Gasteiger partial charge in [-0.25, -0.2) is 17.8 Å². The molecule has 0 amide bonds. The van der Waals surface area contributed by atoms with Crippen molar-refractivity contribution in [2.24, 2.45) is 5.92 Å². The van der Waals surface area contributed by atoms with Crippen molar-refractivity contribution < 1.29 is 17.6 Å². The number of aromatic nitrogens is 1. The maximum absolute atomic E-state index is 14.3. The number of nitrogens with zero attached hydrogens (tertiary/aromatic N) is 2. The Morgan fingerprint density at radius 1 is 1.12 bits per heavy atom. The first kappa shape index (κ1) is 24.4. The van der Waals surface area contributed by atoms with E-state index in [-0.39, 0.29) is 24.4 Å². The molecule has 2 aromatic rings. The zero-order chi connectivity index (χ0) is 23.3. The molecule has 174 valence electrons. The molecule has 0 aliphatic carbocycles. The van der Waals surface area contributed by atoms with Crippen molar-refractivity contribution in [3.8, 4) is 0 Å². The number of anilines is 1. The van der Waals surface area contributed by atoms with Crippen LogP contribution in [0.3, 0.4) is 0 Å². The van der Waals surface area contributed by atoms with Gasteiger partial charge in [0.15, 0.2) is 0 Å². The van der Waals surface area contributed by atoms with E-state index >= 15 is 0 Å². The minimum atomic E-state index is -3.15. The Hall–Kier alpha value is -2.28. The summed E-state index contributed by atoms with van der Waals surface area (Å²) in [4.78, 5) is 19.7. The van der Waals surface area contributed by atoms with Crippen LogP contribution in [0.2, 0.25) is 0 Å². The third kappa shape index (κ3) is 7.12. The van der Waals surface area contributed by atoms with Crippen LogP contribution in [0.4, 0.5) is 10.2 Å². The summed E-state index contributed by atoms with van der Waals surface area (Å²) in [6.45, 7) is 6.24. The van der Waals surface area contributed by atoms with Crippen molar-refractivity contribution in [2.75, 3.05) is 30.0 Å². The minimum absolute atomic E-state index is 0.0482. The number of hydrogen-bond donors (Lipinski definition) is 0. The van der Waals surface area contributed by atoms with Crippen molar-refractivity contribution in [3.63, 3.8) is 0 Å². The van der Waals surface area contributed by atoms with Crippen LogP contribution in [0, 0.1) is 18.7 Å². The van der Waals surface area contributed by atoms with Gasteiger partial charge in [-0.1, -0.05) is 25.1 Å². The Kier molecular flexibility index (Phi) is 8.04. The van der Waals surface area contributed by atoms with Gasteiger partial charge < -0.3 is 4.90 Å². The van der Waals surface area contributed by atoms with Gasteiger partial charge in [-0.2, -0.15) is 0 Å². The maximum atomic E-state index is 14.3. The number of rotatable bonds is 9. The molecule has 1 aliphatic heterocycles. The van der Waals surface area contributed by atoms with Gasteiger partial charge in [0, 0.05) is 37.9 Å². The fraction of sp³-hybridized carbons (Fsp3) is 0.520. The van der Waals surface area contributed by atoms with Crippen LogP contribution in [-0.4, -0.2) is 44.3 Å². The summed E-state index contributed by atoms with van der Waals surface area (Å²) in [5, 5.41) is 0. The molecule has 0 N–H and O–H groups in total. The molecule has 1 aliphatic rings. The predicted octanol–water partition coefficient (Wildman–Crippen LogP) is 4.10. The molecular weight excluding hydrogens is 427 g/mol. The van der Waals surface area contributed by atoms with E-state index in [0.717, 1.165) is 55.2 Å². The average molecular weight is 461 g/mol. The summed E-state index contributed by atoms with van der Waals surface area (Å²) >= 11 is 0. The highest BCUT2D eigenvalue weighted by Gasteiger charge is 2.20. The first-order valence-electron chi connectivity index (χ1n) is 11.3. The fourth-order valence-electron chi connectivity index (χ4n) is 4.05. The molecule has 0 radical (unpaired) electrons. The van der Waals surface area contributed by atoms with Gasteiger partial charge in [0.2, 0.25) is 0 Å². The Balaban J connectivity index is 1.60. The highest BCUT2D eigenvalue weighted by molar-refractivity contribution is 7.90. The Morgan fingerprint density at radius 3 is 2.47 bits per heavy atom. The summed E-state index contributed by atoms with van der Waals surface area (Å²) in [6.07, 6.45) is 4.73. The smallest absolute Gasteiger partial charge is 0.147 e. The first-order chi connectivity index (χ1) is 15.1. The maximum Gasteiger partial charge on any atom is 0.147 e. The van der Waals surface area contributed by atoms with Crippen LogP contribution in [0.5, 0.6) is 0 Å². The summed E-state index contributed by atoms with van der Waals surface area (Å²) in [5.41, 5.74) is 3.03. The fourth-order valence-corrected chi connectivity index (χ4v) is 4.64. The topological polar surface area (TPSA) is 67.3 Å². The lowest BCUT2D eigenvalue weighted by atomic mass is 9.97. The van der Waals surface area contributed by atoms with Crippen LogP contribution >= 0.6 is 0 Å². The second kappa shape index (κ2) is 10.6. The number of carbonyl (C=O) groups is 1. The molecule has 1 aromatic heterocycles. The summed E-state index contributed by atoms with van der Waals surface area (Å²) in [6, 6.07) is 8.71. The van der Waals surface area contributed by atoms with Crippen molar-refractivity contribution in [1.29, 1.82) is 0 Å². The monoisotopic (exact) mass is 460 g/mol. The number of Topliss-reactive ketones (excluding diaryl/α,β-unsaturated/α-hetero) is 1. The molecular formula is C25H33FN2O3S. The Bertz CT molecular complexity index is 1060. The standard InChI is InChI=1S/C25H33FN2O3S/c1-18-10-13-28(14-11-18)25-22(6-4-19(2)27-25)8-9-23(29)16-20-5-7-21(24(26)17-20)12-15-32(3,30)31/h4-7,17-18H,8-16H2,1-3H3. The van der Waals surface area contributed by atoms with Crippen LogP contribution in [0.1, 0.15) is 48.6 Å². The van der Waals surface area contributed by atoms with E-state index < -0.39 is 15.7 Å². The molecule has 2 heterocycles. The minimum Gasteiger partial charge on any atom is -0.356 e. The van der Waals surface area contributed by atoms with Crippen LogP contribution in [0.25, 0.3) is 0 Å². The summed E-state index contributed by atoms with van der Waals surface area (Å²) in [7, 11) is -3.15. The molecule has 0 saturated carbocycles. The molecule has 0 unspecified atom stereocenters. The second-order valence-corrected chi connectivity index (χ2v) is 11.4. The van der Waals surface area contributed by atoms with E-state index in [4.69, 9.17) is 4.98 Å². The lowest BCUT2D eigenvalue weighted by molar-refractivity contribution is -0.118. The summed E-state index contributed by atoms with van der Waals surface area (Å²) < 4.78 is 36.9. The van der Waals surface area contributed by atoms with Crippen LogP contribution < -0.4 is 4.90 Å². The van der Waals surface area contributed by atoms with Gasteiger partial charge in [0.1, 0.15) is 27.3 Å². The average Bonchev–Trinajstić information content (AvgIpc) is 2.72. The highest BCUT2D eigenvalue weighted by Crippen LogP contribution is 2.26. The van der Waals surface area contributed by atoms with E-state index in [1.807, 2.05) is 13.0 Å². The molecule has 7 heteroatoms. The van der Waals surface area contributed by atoms with Crippen molar-refractivity contribution in [1.82, 2.24) is 4.98 Å².